The average molecular weight is 125 g/mol. The van der Waals surface area contributed by atoms with E-state index in [-0.39, 0.29) is 0 Å². The van der Waals surface area contributed by atoms with Crippen molar-refractivity contribution in [3.05, 3.63) is 25.2 Å². The Morgan fingerprint density at radius 1 is 1.89 bits per heavy atom. The van der Waals surface area contributed by atoms with Crippen LogP contribution in [0.3, 0.4) is 0 Å². The minimum Gasteiger partial charge on any atom is -0.326 e. The van der Waals surface area contributed by atoms with Gasteiger partial charge in [-0.3, -0.25) is 4.90 Å². The van der Waals surface area contributed by atoms with Crippen molar-refractivity contribution >= 4 is 0 Å². The van der Waals surface area contributed by atoms with E-state index in [0.717, 1.165) is 13.2 Å². The Balaban J connectivity index is 2.39. The molecular weight excluding hydrogens is 112 g/mol. The summed E-state index contributed by atoms with van der Waals surface area (Å²) >= 11 is 0. The maximum absolute atomic E-state index is 3.70. The Kier molecular flexibility index (Phi) is 1.90. The number of rotatable bonds is 2. The molecule has 0 aliphatic carbocycles. The molecule has 0 aromatic heterocycles. The number of hydrogen-bond donors (Lipinski definition) is 1. The number of hydrogen-bond acceptors (Lipinski definition) is 1. The first kappa shape index (κ1) is 6.36. The number of nitrogens with zero attached hydrogens (tertiary/aromatic N) is 1. The number of quaternary nitrogens is 1. The lowest BCUT2D eigenvalue weighted by atomic mass is 10.6. The highest BCUT2D eigenvalue weighted by Crippen LogP contribution is 1.87. The van der Waals surface area contributed by atoms with Crippen LogP contribution in [0.5, 0.6) is 0 Å². The van der Waals surface area contributed by atoms with Crippen molar-refractivity contribution in [1.82, 2.24) is 4.90 Å². The Hall–Kier alpha value is -0.760. The largest absolute Gasteiger partial charge is 0.326 e. The molecule has 2 nitrogen and oxygen atoms in total. The van der Waals surface area contributed by atoms with Gasteiger partial charge in [0.15, 0.2) is 6.67 Å². The van der Waals surface area contributed by atoms with E-state index in [9.17, 15) is 0 Å². The van der Waals surface area contributed by atoms with E-state index in [0.29, 0.717) is 0 Å². The SMILES string of the molecule is C=C[NH+]1C=CN(CC)C1. The maximum atomic E-state index is 3.70. The summed E-state index contributed by atoms with van der Waals surface area (Å²) in [6, 6.07) is 0. The van der Waals surface area contributed by atoms with Gasteiger partial charge in [-0.05, 0) is 13.5 Å². The normalized spacial score (nSPS) is 25.0. The Morgan fingerprint density at radius 3 is 3.00 bits per heavy atom. The fraction of sp³-hybridized carbons (Fsp3) is 0.429. The first-order valence-electron chi connectivity index (χ1n) is 3.27. The summed E-state index contributed by atoms with van der Waals surface area (Å²) in [6.07, 6.45) is 6.12. The first-order chi connectivity index (χ1) is 4.36. The topological polar surface area (TPSA) is 7.68 Å². The van der Waals surface area contributed by atoms with E-state index < -0.39 is 0 Å². The van der Waals surface area contributed by atoms with Crippen molar-refractivity contribution in [3.8, 4) is 0 Å². The fourth-order valence-electron chi connectivity index (χ4n) is 0.891. The van der Waals surface area contributed by atoms with Gasteiger partial charge in [0, 0.05) is 6.54 Å². The van der Waals surface area contributed by atoms with Crippen molar-refractivity contribution in [2.24, 2.45) is 0 Å². The third-order valence-electron chi connectivity index (χ3n) is 1.55. The van der Waals surface area contributed by atoms with Crippen molar-refractivity contribution in [2.45, 2.75) is 6.92 Å². The maximum Gasteiger partial charge on any atom is 0.161 e. The third kappa shape index (κ3) is 1.33. The Morgan fingerprint density at radius 2 is 2.67 bits per heavy atom. The molecule has 1 rings (SSSR count). The highest BCUT2D eigenvalue weighted by atomic mass is 15.3. The van der Waals surface area contributed by atoms with Gasteiger partial charge in [-0.25, -0.2) is 0 Å². The second-order valence-electron chi connectivity index (χ2n) is 2.16. The van der Waals surface area contributed by atoms with Crippen LogP contribution in [0.25, 0.3) is 0 Å². The van der Waals surface area contributed by atoms with Gasteiger partial charge in [0.2, 0.25) is 0 Å². The van der Waals surface area contributed by atoms with Gasteiger partial charge in [0.1, 0.15) is 6.20 Å². The molecule has 0 aromatic rings. The van der Waals surface area contributed by atoms with Crippen LogP contribution >= 0.6 is 0 Å². The van der Waals surface area contributed by atoms with E-state index in [1.165, 1.54) is 4.90 Å². The van der Waals surface area contributed by atoms with Gasteiger partial charge in [0.25, 0.3) is 0 Å². The minimum atomic E-state index is 1.04. The van der Waals surface area contributed by atoms with E-state index in [2.05, 4.69) is 30.8 Å². The highest BCUT2D eigenvalue weighted by molar-refractivity contribution is 4.78. The zero-order valence-electron chi connectivity index (χ0n) is 5.80. The molecule has 50 valence electrons. The summed E-state index contributed by atoms with van der Waals surface area (Å²) in [5.41, 5.74) is 0. The predicted octanol–water partition coefficient (Wildman–Crippen LogP) is -0.221. The molecule has 1 unspecified atom stereocenters. The van der Waals surface area contributed by atoms with Crippen molar-refractivity contribution < 1.29 is 4.90 Å². The lowest BCUT2D eigenvalue weighted by molar-refractivity contribution is -0.792. The lowest BCUT2D eigenvalue weighted by Crippen LogP contribution is -3.02. The van der Waals surface area contributed by atoms with Gasteiger partial charge in [-0.15, -0.1) is 0 Å². The van der Waals surface area contributed by atoms with Gasteiger partial charge in [-0.2, -0.15) is 0 Å². The van der Waals surface area contributed by atoms with Gasteiger partial charge < -0.3 is 4.90 Å². The van der Waals surface area contributed by atoms with Crippen molar-refractivity contribution in [2.75, 3.05) is 13.2 Å². The molecule has 9 heavy (non-hydrogen) atoms. The molecule has 2 heteroatoms. The fourth-order valence-corrected chi connectivity index (χ4v) is 0.891. The van der Waals surface area contributed by atoms with Crippen LogP contribution in [0.1, 0.15) is 6.92 Å². The zero-order valence-corrected chi connectivity index (χ0v) is 5.80. The molecule has 1 heterocycles. The Labute approximate surface area is 56.1 Å². The second kappa shape index (κ2) is 2.69. The molecule has 1 atom stereocenters. The molecule has 0 saturated carbocycles. The highest BCUT2D eigenvalue weighted by Gasteiger charge is 2.10. The van der Waals surface area contributed by atoms with E-state index in [4.69, 9.17) is 0 Å². The monoisotopic (exact) mass is 125 g/mol. The number of nitrogens with one attached hydrogen (secondary N) is 1. The second-order valence-corrected chi connectivity index (χ2v) is 2.16. The molecule has 0 saturated heterocycles. The van der Waals surface area contributed by atoms with Crippen molar-refractivity contribution in [3.63, 3.8) is 0 Å². The van der Waals surface area contributed by atoms with Crippen LogP contribution in [0.15, 0.2) is 25.2 Å². The van der Waals surface area contributed by atoms with Crippen LogP contribution in [-0.2, 0) is 0 Å². The van der Waals surface area contributed by atoms with Gasteiger partial charge >= 0.3 is 0 Å². The quantitative estimate of drug-likeness (QED) is 0.536. The Bertz CT molecular complexity index is 129. The van der Waals surface area contributed by atoms with Crippen molar-refractivity contribution in [1.29, 1.82) is 0 Å². The molecule has 0 spiro atoms. The summed E-state index contributed by atoms with van der Waals surface area (Å²) < 4.78 is 0. The summed E-state index contributed by atoms with van der Waals surface area (Å²) in [7, 11) is 0. The van der Waals surface area contributed by atoms with Gasteiger partial charge in [-0.1, -0.05) is 0 Å². The molecule has 0 amide bonds. The van der Waals surface area contributed by atoms with E-state index in [1.807, 2.05) is 6.20 Å². The van der Waals surface area contributed by atoms with Gasteiger partial charge in [0.05, 0.1) is 12.4 Å². The van der Waals surface area contributed by atoms with Crippen LogP contribution in [-0.4, -0.2) is 18.1 Å². The van der Waals surface area contributed by atoms with Crippen LogP contribution < -0.4 is 4.90 Å². The summed E-state index contributed by atoms with van der Waals surface area (Å²) in [4.78, 5) is 3.56. The smallest absolute Gasteiger partial charge is 0.161 e. The molecule has 0 radical (unpaired) electrons. The van der Waals surface area contributed by atoms with E-state index >= 15 is 0 Å². The van der Waals surface area contributed by atoms with Crippen LogP contribution in [0.4, 0.5) is 0 Å². The first-order valence-corrected chi connectivity index (χ1v) is 3.27. The van der Waals surface area contributed by atoms with E-state index in [1.54, 1.807) is 0 Å². The zero-order chi connectivity index (χ0) is 6.69. The standard InChI is InChI=1S/C7H12N2/c1-3-8-5-6-9(4-2)7-8/h3,5-6H,1,4,7H2,2H3/p+1. The summed E-state index contributed by atoms with van der Waals surface area (Å²) in [5, 5.41) is 0. The van der Waals surface area contributed by atoms with Crippen LogP contribution in [0.2, 0.25) is 0 Å². The summed E-state index contributed by atoms with van der Waals surface area (Å²) in [6.45, 7) is 7.98. The molecule has 1 N–H and O–H groups in total. The molecule has 0 bridgehead atoms. The third-order valence-corrected chi connectivity index (χ3v) is 1.55. The molecule has 1 aliphatic rings. The predicted molar refractivity (Wildman–Crippen MR) is 37.5 cm³/mol. The molecule has 1 aliphatic heterocycles. The minimum absolute atomic E-state index is 1.04. The van der Waals surface area contributed by atoms with Crippen LogP contribution in [0, 0.1) is 0 Å². The summed E-state index contributed by atoms with van der Waals surface area (Å²) in [5.74, 6) is 0. The average Bonchev–Trinajstić information content (AvgIpc) is 2.34. The molecule has 0 aromatic carbocycles. The molecule has 0 fully saturated rings. The lowest BCUT2D eigenvalue weighted by Gasteiger charge is -2.10. The molecular formula is C7H13N2+.